The third-order valence-corrected chi connectivity index (χ3v) is 5.91. The number of carbonyl (C=O) groups excluding carboxylic acids is 1. The molecule has 0 spiro atoms. The molecule has 2 N–H and O–H groups in total. The standard InChI is InChI=1S/C22H25N5O/c28-22(24-13-17-12-23-20-6-2-1-5-18(17)20)16-4-3-11-27(14-16)21-10-9-19(25-26-21)15-7-8-15/h1-2,5-6,9-10,12,15-16,23H,3-4,7-8,11,13-14H2,(H,24,28)/t16-/m0/s1. The Morgan fingerprint density at radius 2 is 2.04 bits per heavy atom. The number of piperidine rings is 1. The Hall–Kier alpha value is -2.89. The first-order valence-corrected chi connectivity index (χ1v) is 10.2. The van der Waals surface area contributed by atoms with Gasteiger partial charge in [0.15, 0.2) is 5.82 Å². The van der Waals surface area contributed by atoms with Crippen LogP contribution >= 0.6 is 0 Å². The minimum absolute atomic E-state index is 0.0103. The second kappa shape index (κ2) is 7.26. The summed E-state index contributed by atoms with van der Waals surface area (Å²) in [6.45, 7) is 2.19. The molecule has 6 nitrogen and oxygen atoms in total. The van der Waals surface area contributed by atoms with E-state index in [-0.39, 0.29) is 11.8 Å². The molecule has 2 fully saturated rings. The number of aromatic amines is 1. The first-order chi connectivity index (χ1) is 13.8. The van der Waals surface area contributed by atoms with Crippen LogP contribution in [0.3, 0.4) is 0 Å². The van der Waals surface area contributed by atoms with E-state index in [1.165, 1.54) is 18.2 Å². The van der Waals surface area contributed by atoms with Gasteiger partial charge in [-0.1, -0.05) is 18.2 Å². The van der Waals surface area contributed by atoms with Crippen LogP contribution in [0.1, 0.15) is 42.9 Å². The van der Waals surface area contributed by atoms with Crippen molar-refractivity contribution in [3.8, 4) is 0 Å². The number of hydrogen-bond acceptors (Lipinski definition) is 4. The Labute approximate surface area is 164 Å². The van der Waals surface area contributed by atoms with Crippen LogP contribution in [-0.4, -0.2) is 34.2 Å². The molecule has 1 saturated heterocycles. The number of fused-ring (bicyclic) bond motifs is 1. The van der Waals surface area contributed by atoms with Crippen molar-refractivity contribution in [2.24, 2.45) is 5.92 Å². The van der Waals surface area contributed by atoms with E-state index in [1.54, 1.807) is 0 Å². The van der Waals surface area contributed by atoms with Gasteiger partial charge in [0.25, 0.3) is 0 Å². The number of nitrogens with one attached hydrogen (secondary N) is 2. The van der Waals surface area contributed by atoms with Crippen molar-refractivity contribution in [2.75, 3.05) is 18.0 Å². The second-order valence-corrected chi connectivity index (χ2v) is 7.95. The van der Waals surface area contributed by atoms with Crippen LogP contribution < -0.4 is 10.2 Å². The van der Waals surface area contributed by atoms with Gasteiger partial charge in [0.1, 0.15) is 0 Å². The van der Waals surface area contributed by atoms with E-state index in [0.29, 0.717) is 19.0 Å². The molecule has 2 aliphatic rings. The molecule has 28 heavy (non-hydrogen) atoms. The number of para-hydroxylation sites is 1. The number of nitrogens with zero attached hydrogens (tertiary/aromatic N) is 3. The molecule has 5 rings (SSSR count). The molecule has 0 bridgehead atoms. The summed E-state index contributed by atoms with van der Waals surface area (Å²) in [5.74, 6) is 1.62. The highest BCUT2D eigenvalue weighted by molar-refractivity contribution is 5.84. The summed E-state index contributed by atoms with van der Waals surface area (Å²) < 4.78 is 0. The van der Waals surface area contributed by atoms with Crippen molar-refractivity contribution in [1.82, 2.24) is 20.5 Å². The zero-order valence-corrected chi connectivity index (χ0v) is 15.9. The average Bonchev–Trinajstić information content (AvgIpc) is 3.53. The first-order valence-electron chi connectivity index (χ1n) is 10.2. The summed E-state index contributed by atoms with van der Waals surface area (Å²) in [4.78, 5) is 18.2. The predicted molar refractivity (Wildman–Crippen MR) is 109 cm³/mol. The molecule has 0 unspecified atom stereocenters. The topological polar surface area (TPSA) is 73.9 Å². The van der Waals surface area contributed by atoms with E-state index in [1.807, 2.05) is 18.3 Å². The van der Waals surface area contributed by atoms with Gasteiger partial charge < -0.3 is 15.2 Å². The van der Waals surface area contributed by atoms with Crippen LogP contribution in [0.15, 0.2) is 42.6 Å². The van der Waals surface area contributed by atoms with Crippen LogP contribution in [0, 0.1) is 5.92 Å². The summed E-state index contributed by atoms with van der Waals surface area (Å²) >= 11 is 0. The lowest BCUT2D eigenvalue weighted by Gasteiger charge is -2.32. The van der Waals surface area contributed by atoms with Crippen molar-refractivity contribution in [2.45, 2.75) is 38.1 Å². The lowest BCUT2D eigenvalue weighted by atomic mass is 9.97. The number of carbonyl (C=O) groups is 1. The van der Waals surface area contributed by atoms with Crippen molar-refractivity contribution in [3.05, 3.63) is 53.9 Å². The highest BCUT2D eigenvalue weighted by Gasteiger charge is 2.28. The Balaban J connectivity index is 1.21. The zero-order chi connectivity index (χ0) is 18.9. The van der Waals surface area contributed by atoms with Gasteiger partial charge in [-0.05, 0) is 49.4 Å². The molecular formula is C22H25N5O. The maximum absolute atomic E-state index is 12.8. The van der Waals surface area contributed by atoms with E-state index in [4.69, 9.17) is 0 Å². The highest BCUT2D eigenvalue weighted by atomic mass is 16.1. The molecule has 2 aromatic heterocycles. The molecule has 6 heteroatoms. The summed E-state index contributed by atoms with van der Waals surface area (Å²) in [6.07, 6.45) is 6.36. The van der Waals surface area contributed by atoms with Gasteiger partial charge in [-0.2, -0.15) is 5.10 Å². The average molecular weight is 375 g/mol. The summed E-state index contributed by atoms with van der Waals surface area (Å²) in [5, 5.41) is 13.1. The largest absolute Gasteiger partial charge is 0.361 e. The number of aromatic nitrogens is 3. The second-order valence-electron chi connectivity index (χ2n) is 7.95. The molecule has 1 aliphatic heterocycles. The Morgan fingerprint density at radius 1 is 1.14 bits per heavy atom. The minimum atomic E-state index is -0.0103. The Kier molecular flexibility index (Phi) is 4.47. The maximum Gasteiger partial charge on any atom is 0.225 e. The van der Waals surface area contributed by atoms with Crippen molar-refractivity contribution in [3.63, 3.8) is 0 Å². The highest BCUT2D eigenvalue weighted by Crippen LogP contribution is 2.38. The Bertz CT molecular complexity index is 976. The lowest BCUT2D eigenvalue weighted by Crippen LogP contribution is -2.43. The van der Waals surface area contributed by atoms with Gasteiger partial charge >= 0.3 is 0 Å². The van der Waals surface area contributed by atoms with Crippen molar-refractivity contribution in [1.29, 1.82) is 0 Å². The lowest BCUT2D eigenvalue weighted by molar-refractivity contribution is -0.125. The van der Waals surface area contributed by atoms with Gasteiger partial charge in [0, 0.05) is 42.7 Å². The van der Waals surface area contributed by atoms with Gasteiger partial charge in [-0.25, -0.2) is 0 Å². The van der Waals surface area contributed by atoms with Gasteiger partial charge in [-0.15, -0.1) is 5.10 Å². The molecule has 0 radical (unpaired) electrons. The summed E-state index contributed by atoms with van der Waals surface area (Å²) in [6, 6.07) is 12.3. The number of anilines is 1. The Morgan fingerprint density at radius 3 is 2.86 bits per heavy atom. The molecule has 1 saturated carbocycles. The van der Waals surface area contributed by atoms with Crippen LogP contribution in [0.25, 0.3) is 10.9 Å². The fraction of sp³-hybridized carbons (Fsp3) is 0.409. The fourth-order valence-corrected chi connectivity index (χ4v) is 4.10. The van der Waals surface area contributed by atoms with Gasteiger partial charge in [-0.3, -0.25) is 4.79 Å². The van der Waals surface area contributed by atoms with E-state index in [2.05, 4.69) is 49.7 Å². The van der Waals surface area contributed by atoms with Crippen LogP contribution in [0.5, 0.6) is 0 Å². The molecule has 1 amide bonds. The number of rotatable bonds is 5. The predicted octanol–water partition coefficient (Wildman–Crippen LogP) is 3.37. The summed E-state index contributed by atoms with van der Waals surface area (Å²) in [5.41, 5.74) is 3.33. The van der Waals surface area contributed by atoms with Crippen LogP contribution in [0.2, 0.25) is 0 Å². The third-order valence-electron chi connectivity index (χ3n) is 5.91. The van der Waals surface area contributed by atoms with Crippen LogP contribution in [0.4, 0.5) is 5.82 Å². The quantitative estimate of drug-likeness (QED) is 0.717. The van der Waals surface area contributed by atoms with E-state index < -0.39 is 0 Å². The molecule has 1 aliphatic carbocycles. The van der Waals surface area contributed by atoms with E-state index in [0.717, 1.165) is 42.0 Å². The number of H-pyrrole nitrogens is 1. The molecule has 1 atom stereocenters. The van der Waals surface area contributed by atoms with Gasteiger partial charge in [0.2, 0.25) is 5.91 Å². The number of benzene rings is 1. The van der Waals surface area contributed by atoms with Crippen molar-refractivity contribution < 1.29 is 4.79 Å². The third kappa shape index (κ3) is 3.46. The smallest absolute Gasteiger partial charge is 0.225 e. The molecule has 3 heterocycles. The minimum Gasteiger partial charge on any atom is -0.361 e. The normalized spacial score (nSPS) is 19.7. The fourth-order valence-electron chi connectivity index (χ4n) is 4.10. The van der Waals surface area contributed by atoms with Gasteiger partial charge in [0.05, 0.1) is 11.6 Å². The monoisotopic (exact) mass is 375 g/mol. The molecule has 3 aromatic rings. The first kappa shape index (κ1) is 17.2. The number of hydrogen-bond donors (Lipinski definition) is 2. The van der Waals surface area contributed by atoms with E-state index >= 15 is 0 Å². The molecule has 144 valence electrons. The van der Waals surface area contributed by atoms with E-state index in [9.17, 15) is 4.79 Å². The van der Waals surface area contributed by atoms with Crippen molar-refractivity contribution >= 4 is 22.6 Å². The SMILES string of the molecule is O=C(NCc1c[nH]c2ccccc12)[C@H]1CCCN(c2ccc(C3CC3)nn2)C1. The van der Waals surface area contributed by atoms with Crippen LogP contribution in [-0.2, 0) is 11.3 Å². The molecule has 1 aromatic carbocycles. The number of amides is 1. The molecular weight excluding hydrogens is 350 g/mol. The zero-order valence-electron chi connectivity index (χ0n) is 15.9. The summed E-state index contributed by atoms with van der Waals surface area (Å²) in [7, 11) is 0. The maximum atomic E-state index is 12.8.